The fourth-order valence-corrected chi connectivity index (χ4v) is 1.12. The summed E-state index contributed by atoms with van der Waals surface area (Å²) in [6, 6.07) is 1.83. The first-order valence-electron chi connectivity index (χ1n) is 4.90. The molecule has 0 bridgehead atoms. The summed E-state index contributed by atoms with van der Waals surface area (Å²) in [4.78, 5) is 8.05. The molecule has 14 heavy (non-hydrogen) atoms. The van der Waals surface area contributed by atoms with Crippen molar-refractivity contribution in [3.05, 3.63) is 12.3 Å². The van der Waals surface area contributed by atoms with Gasteiger partial charge in [0, 0.05) is 12.7 Å². The van der Waals surface area contributed by atoms with Gasteiger partial charge in [-0.1, -0.05) is 19.8 Å². The molecule has 0 atom stereocenters. The van der Waals surface area contributed by atoms with Gasteiger partial charge in [-0.15, -0.1) is 0 Å². The van der Waals surface area contributed by atoms with Crippen LogP contribution in [-0.4, -0.2) is 16.5 Å². The zero-order valence-corrected chi connectivity index (χ0v) is 8.45. The number of anilines is 2. The van der Waals surface area contributed by atoms with E-state index in [1.54, 1.807) is 6.20 Å². The largest absolute Gasteiger partial charge is 0.370 e. The summed E-state index contributed by atoms with van der Waals surface area (Å²) >= 11 is 0. The molecule has 1 aromatic rings. The zero-order chi connectivity index (χ0) is 10.2. The van der Waals surface area contributed by atoms with E-state index in [9.17, 15) is 0 Å². The molecule has 0 radical (unpaired) electrons. The number of unbranched alkanes of at least 4 members (excludes halogenated alkanes) is 2. The zero-order valence-electron chi connectivity index (χ0n) is 8.45. The molecular weight excluding hydrogens is 178 g/mol. The topological polar surface area (TPSA) is 75.9 Å². The fraction of sp³-hybridized carbons (Fsp3) is 0.556. The molecule has 0 fully saturated rings. The first-order valence-corrected chi connectivity index (χ1v) is 4.90. The van der Waals surface area contributed by atoms with Crippen molar-refractivity contribution in [2.24, 2.45) is 5.84 Å². The monoisotopic (exact) mass is 195 g/mol. The molecule has 5 heteroatoms. The Morgan fingerprint density at radius 1 is 1.43 bits per heavy atom. The summed E-state index contributed by atoms with van der Waals surface area (Å²) in [7, 11) is 0. The first-order chi connectivity index (χ1) is 6.86. The standard InChI is InChI=1S/C9H17N5/c1-2-3-4-6-11-8-5-7-12-9(13-8)14-10/h5,7H,2-4,6,10H2,1H3,(H2,11,12,13,14). The molecular formula is C9H17N5. The fourth-order valence-electron chi connectivity index (χ4n) is 1.12. The Kier molecular flexibility index (Phi) is 4.71. The number of nitrogens with zero attached hydrogens (tertiary/aromatic N) is 2. The smallest absolute Gasteiger partial charge is 0.239 e. The minimum atomic E-state index is 0.436. The van der Waals surface area contributed by atoms with Crippen LogP contribution in [0.2, 0.25) is 0 Å². The molecule has 78 valence electrons. The van der Waals surface area contributed by atoms with Crippen LogP contribution in [0.5, 0.6) is 0 Å². The third-order valence-electron chi connectivity index (χ3n) is 1.87. The molecule has 0 saturated carbocycles. The molecule has 0 aliphatic carbocycles. The molecule has 0 unspecified atom stereocenters. The average molecular weight is 195 g/mol. The maximum atomic E-state index is 5.19. The molecule has 0 amide bonds. The Morgan fingerprint density at radius 2 is 2.29 bits per heavy atom. The third kappa shape index (κ3) is 3.57. The highest BCUT2D eigenvalue weighted by molar-refractivity contribution is 5.38. The number of rotatable bonds is 6. The van der Waals surface area contributed by atoms with E-state index >= 15 is 0 Å². The SMILES string of the molecule is CCCCCNc1ccnc(NN)n1. The number of nitrogen functional groups attached to an aromatic ring is 1. The molecule has 4 N–H and O–H groups in total. The normalized spacial score (nSPS) is 9.86. The maximum Gasteiger partial charge on any atom is 0.239 e. The predicted octanol–water partition coefficient (Wildman–Crippen LogP) is 1.36. The van der Waals surface area contributed by atoms with Gasteiger partial charge in [-0.3, -0.25) is 5.43 Å². The van der Waals surface area contributed by atoms with Gasteiger partial charge in [0.15, 0.2) is 0 Å². The van der Waals surface area contributed by atoms with Gasteiger partial charge in [-0.05, 0) is 12.5 Å². The summed E-state index contributed by atoms with van der Waals surface area (Å²) in [5.74, 6) is 6.44. The van der Waals surface area contributed by atoms with Gasteiger partial charge < -0.3 is 5.32 Å². The van der Waals surface area contributed by atoms with Crippen LogP contribution in [0.1, 0.15) is 26.2 Å². The highest BCUT2D eigenvalue weighted by Gasteiger charge is 1.95. The van der Waals surface area contributed by atoms with Crippen LogP contribution in [0.4, 0.5) is 11.8 Å². The van der Waals surface area contributed by atoms with E-state index in [4.69, 9.17) is 5.84 Å². The summed E-state index contributed by atoms with van der Waals surface area (Å²) in [6.45, 7) is 3.12. The van der Waals surface area contributed by atoms with Crippen molar-refractivity contribution in [3.8, 4) is 0 Å². The predicted molar refractivity (Wildman–Crippen MR) is 57.9 cm³/mol. The number of aromatic nitrogens is 2. The molecule has 0 aliphatic heterocycles. The van der Waals surface area contributed by atoms with Crippen molar-refractivity contribution in [1.29, 1.82) is 0 Å². The third-order valence-corrected chi connectivity index (χ3v) is 1.87. The average Bonchev–Trinajstić information content (AvgIpc) is 2.25. The molecule has 0 aliphatic rings. The van der Waals surface area contributed by atoms with Gasteiger partial charge in [0.05, 0.1) is 0 Å². The van der Waals surface area contributed by atoms with Crippen LogP contribution in [0.25, 0.3) is 0 Å². The second-order valence-corrected chi connectivity index (χ2v) is 3.04. The van der Waals surface area contributed by atoms with Gasteiger partial charge in [0.2, 0.25) is 5.95 Å². The van der Waals surface area contributed by atoms with Gasteiger partial charge >= 0.3 is 0 Å². The molecule has 5 nitrogen and oxygen atoms in total. The summed E-state index contributed by atoms with van der Waals surface area (Å²) in [5.41, 5.74) is 2.41. The second-order valence-electron chi connectivity index (χ2n) is 3.04. The van der Waals surface area contributed by atoms with Crippen molar-refractivity contribution in [1.82, 2.24) is 9.97 Å². The lowest BCUT2D eigenvalue weighted by atomic mass is 10.2. The van der Waals surface area contributed by atoms with Gasteiger partial charge in [0.1, 0.15) is 5.82 Å². The van der Waals surface area contributed by atoms with Crippen LogP contribution >= 0.6 is 0 Å². The van der Waals surface area contributed by atoms with Crippen LogP contribution in [0, 0.1) is 0 Å². The maximum absolute atomic E-state index is 5.19. The Hall–Kier alpha value is -1.36. The van der Waals surface area contributed by atoms with Crippen LogP contribution in [0.3, 0.4) is 0 Å². The summed E-state index contributed by atoms with van der Waals surface area (Å²) in [6.07, 6.45) is 5.29. The number of hydrazine groups is 1. The quantitative estimate of drug-likeness (QED) is 0.363. The summed E-state index contributed by atoms with van der Waals surface area (Å²) < 4.78 is 0. The molecule has 0 aromatic carbocycles. The second kappa shape index (κ2) is 6.15. The van der Waals surface area contributed by atoms with Crippen LogP contribution in [0.15, 0.2) is 12.3 Å². The van der Waals surface area contributed by atoms with Crippen molar-refractivity contribution in [3.63, 3.8) is 0 Å². The van der Waals surface area contributed by atoms with Gasteiger partial charge in [-0.25, -0.2) is 10.8 Å². The van der Waals surface area contributed by atoms with E-state index < -0.39 is 0 Å². The van der Waals surface area contributed by atoms with Crippen LogP contribution < -0.4 is 16.6 Å². The molecule has 1 rings (SSSR count). The Labute approximate surface area is 84.1 Å². The van der Waals surface area contributed by atoms with E-state index in [1.807, 2.05) is 6.07 Å². The lowest BCUT2D eigenvalue weighted by molar-refractivity contribution is 0.742. The number of nitrogens with two attached hydrogens (primary N) is 1. The first kappa shape index (κ1) is 10.7. The lowest BCUT2D eigenvalue weighted by Crippen LogP contribution is -2.12. The molecule has 1 aromatic heterocycles. The highest BCUT2D eigenvalue weighted by atomic mass is 15.3. The number of nitrogens with one attached hydrogen (secondary N) is 2. The van der Waals surface area contributed by atoms with Gasteiger partial charge in [0.25, 0.3) is 0 Å². The van der Waals surface area contributed by atoms with Crippen molar-refractivity contribution < 1.29 is 0 Å². The Bertz CT molecular complexity index is 263. The minimum absolute atomic E-state index is 0.436. The minimum Gasteiger partial charge on any atom is -0.370 e. The highest BCUT2D eigenvalue weighted by Crippen LogP contribution is 2.04. The van der Waals surface area contributed by atoms with E-state index in [2.05, 4.69) is 27.6 Å². The molecule has 0 saturated heterocycles. The van der Waals surface area contributed by atoms with Crippen LogP contribution in [-0.2, 0) is 0 Å². The van der Waals surface area contributed by atoms with E-state index in [0.29, 0.717) is 5.95 Å². The van der Waals surface area contributed by atoms with E-state index in [1.165, 1.54) is 12.8 Å². The van der Waals surface area contributed by atoms with E-state index in [0.717, 1.165) is 18.8 Å². The number of hydrogen-bond donors (Lipinski definition) is 3. The Balaban J connectivity index is 2.34. The molecule has 1 heterocycles. The lowest BCUT2D eigenvalue weighted by Gasteiger charge is -2.05. The van der Waals surface area contributed by atoms with Crippen molar-refractivity contribution in [2.75, 3.05) is 17.3 Å². The van der Waals surface area contributed by atoms with Gasteiger partial charge in [-0.2, -0.15) is 4.98 Å². The van der Waals surface area contributed by atoms with E-state index in [-0.39, 0.29) is 0 Å². The summed E-state index contributed by atoms with van der Waals surface area (Å²) in [5, 5.41) is 3.21. The number of hydrogen-bond acceptors (Lipinski definition) is 5. The Morgan fingerprint density at radius 3 is 3.00 bits per heavy atom. The molecule has 0 spiro atoms. The van der Waals surface area contributed by atoms with Crippen molar-refractivity contribution >= 4 is 11.8 Å². The van der Waals surface area contributed by atoms with Crippen molar-refractivity contribution in [2.45, 2.75) is 26.2 Å².